The number of rotatable bonds is 9. The number of hydrogen-bond acceptors (Lipinski definition) is 4. The Bertz CT molecular complexity index is 863. The van der Waals surface area contributed by atoms with Crippen molar-refractivity contribution in [2.45, 2.75) is 45.4 Å². The molecule has 0 spiro atoms. The molecule has 1 fully saturated rings. The van der Waals surface area contributed by atoms with Gasteiger partial charge in [0.15, 0.2) is 0 Å². The van der Waals surface area contributed by atoms with Crippen molar-refractivity contribution in [2.24, 2.45) is 5.92 Å². The van der Waals surface area contributed by atoms with Crippen LogP contribution in [0.2, 0.25) is 0 Å². The van der Waals surface area contributed by atoms with Crippen LogP contribution in [0.4, 0.5) is 5.69 Å². The number of carbonyl (C=O) groups is 2. The Hall–Kier alpha value is -2.70. The second kappa shape index (κ2) is 11.1. The van der Waals surface area contributed by atoms with E-state index in [1.807, 2.05) is 18.2 Å². The highest BCUT2D eigenvalue weighted by Gasteiger charge is 2.24. The fourth-order valence-electron chi connectivity index (χ4n) is 3.72. The molecule has 0 aliphatic carbocycles. The van der Waals surface area contributed by atoms with Crippen LogP contribution >= 0.6 is 0 Å². The smallest absolute Gasteiger partial charge is 0.253 e. The van der Waals surface area contributed by atoms with Crippen LogP contribution in [-0.4, -0.2) is 49.1 Å². The van der Waals surface area contributed by atoms with E-state index in [1.54, 1.807) is 24.3 Å². The van der Waals surface area contributed by atoms with Gasteiger partial charge >= 0.3 is 0 Å². The van der Waals surface area contributed by atoms with E-state index >= 15 is 0 Å². The summed E-state index contributed by atoms with van der Waals surface area (Å²) >= 11 is 0. The maximum absolute atomic E-state index is 12.9. The van der Waals surface area contributed by atoms with E-state index in [0.717, 1.165) is 25.9 Å². The topological polar surface area (TPSA) is 70.7 Å². The minimum Gasteiger partial charge on any atom is -0.368 e. The summed E-state index contributed by atoms with van der Waals surface area (Å²) in [5.74, 6) is -0.0118. The summed E-state index contributed by atoms with van der Waals surface area (Å²) in [6.45, 7) is 6.41. The molecule has 166 valence electrons. The monoisotopic (exact) mass is 423 g/mol. The molecule has 2 N–H and O–H groups in total. The number of amides is 2. The summed E-state index contributed by atoms with van der Waals surface area (Å²) in [4.78, 5) is 27.4. The van der Waals surface area contributed by atoms with Gasteiger partial charge in [-0.3, -0.25) is 9.59 Å². The Morgan fingerprint density at radius 3 is 2.58 bits per heavy atom. The van der Waals surface area contributed by atoms with Gasteiger partial charge in [-0.15, -0.1) is 0 Å². The molecule has 0 saturated carbocycles. The summed E-state index contributed by atoms with van der Waals surface area (Å²) in [5, 5.41) is 6.03. The molecule has 3 rings (SSSR count). The third-order valence-corrected chi connectivity index (χ3v) is 5.54. The Kier molecular flexibility index (Phi) is 8.20. The van der Waals surface area contributed by atoms with E-state index in [0.29, 0.717) is 17.9 Å². The molecule has 6 heteroatoms. The predicted molar refractivity (Wildman–Crippen MR) is 123 cm³/mol. The van der Waals surface area contributed by atoms with Crippen molar-refractivity contribution in [3.8, 4) is 0 Å². The Morgan fingerprint density at radius 1 is 1.13 bits per heavy atom. The van der Waals surface area contributed by atoms with Gasteiger partial charge in [-0.1, -0.05) is 50.2 Å². The van der Waals surface area contributed by atoms with Gasteiger partial charge in [0, 0.05) is 37.0 Å². The number of ether oxygens (including phenoxy) is 1. The third-order valence-electron chi connectivity index (χ3n) is 5.54. The zero-order valence-electron chi connectivity index (χ0n) is 18.6. The maximum Gasteiger partial charge on any atom is 0.253 e. The second-order valence-electron chi connectivity index (χ2n) is 8.58. The van der Waals surface area contributed by atoms with Gasteiger partial charge in [0.2, 0.25) is 0 Å². The van der Waals surface area contributed by atoms with Crippen LogP contribution in [0.15, 0.2) is 54.6 Å². The molecule has 0 bridgehead atoms. The number of nitrogens with zero attached hydrogens (tertiary/aromatic N) is 1. The lowest BCUT2D eigenvalue weighted by atomic mass is 10.0. The molecule has 2 amide bonds. The van der Waals surface area contributed by atoms with Crippen LogP contribution in [0.3, 0.4) is 0 Å². The molecule has 2 aromatic carbocycles. The molecular formula is C25H33N3O3. The Morgan fingerprint density at radius 2 is 1.90 bits per heavy atom. The van der Waals surface area contributed by atoms with E-state index in [2.05, 4.69) is 48.6 Å². The molecule has 31 heavy (non-hydrogen) atoms. The van der Waals surface area contributed by atoms with Crippen molar-refractivity contribution in [3.05, 3.63) is 65.7 Å². The van der Waals surface area contributed by atoms with E-state index in [1.165, 1.54) is 5.56 Å². The summed E-state index contributed by atoms with van der Waals surface area (Å²) < 4.78 is 5.43. The van der Waals surface area contributed by atoms with Gasteiger partial charge < -0.3 is 20.3 Å². The maximum atomic E-state index is 12.9. The lowest BCUT2D eigenvalue weighted by molar-refractivity contribution is -0.124. The van der Waals surface area contributed by atoms with Crippen molar-refractivity contribution in [1.82, 2.24) is 10.2 Å². The summed E-state index contributed by atoms with van der Waals surface area (Å²) in [6.07, 6.45) is 1.23. The fourth-order valence-corrected chi connectivity index (χ4v) is 3.72. The van der Waals surface area contributed by atoms with Crippen LogP contribution in [0.25, 0.3) is 0 Å². The molecule has 1 aliphatic rings. The van der Waals surface area contributed by atoms with E-state index in [-0.39, 0.29) is 23.8 Å². The normalized spacial score (nSPS) is 17.0. The van der Waals surface area contributed by atoms with Crippen molar-refractivity contribution >= 4 is 17.5 Å². The molecule has 2 aromatic rings. The largest absolute Gasteiger partial charge is 0.368 e. The number of hydrogen-bond donors (Lipinski definition) is 2. The second-order valence-corrected chi connectivity index (χ2v) is 8.58. The van der Waals surface area contributed by atoms with Crippen molar-refractivity contribution < 1.29 is 14.3 Å². The quantitative estimate of drug-likeness (QED) is 0.645. The molecule has 2 atom stereocenters. The van der Waals surface area contributed by atoms with E-state index in [4.69, 9.17) is 4.74 Å². The molecule has 1 heterocycles. The first-order valence-corrected chi connectivity index (χ1v) is 11.0. The standard InChI is InChI=1S/C25H33N3O3/c1-18(2)22(17-28(3)16-19-9-5-4-6-10-19)27-24(29)20-11-7-12-21(15-20)26-25(30)23-13-8-14-31-23/h4-7,9-12,15,18,22-23H,8,13-14,16-17H2,1-3H3,(H,26,30)(H,27,29). The zero-order valence-corrected chi connectivity index (χ0v) is 18.6. The molecule has 0 aromatic heterocycles. The lowest BCUT2D eigenvalue weighted by Gasteiger charge is -2.28. The van der Waals surface area contributed by atoms with Gasteiger partial charge in [-0.05, 0) is 49.6 Å². The van der Waals surface area contributed by atoms with E-state index < -0.39 is 6.10 Å². The minimum absolute atomic E-state index is 0.00588. The molecule has 2 unspecified atom stereocenters. The van der Waals surface area contributed by atoms with Gasteiger partial charge in [-0.25, -0.2) is 0 Å². The highest BCUT2D eigenvalue weighted by atomic mass is 16.5. The first kappa shape index (κ1) is 23.0. The average Bonchev–Trinajstić information content (AvgIpc) is 3.29. The summed E-state index contributed by atoms with van der Waals surface area (Å²) in [7, 11) is 2.07. The van der Waals surface area contributed by atoms with Crippen molar-refractivity contribution in [3.63, 3.8) is 0 Å². The Labute approximate surface area is 185 Å². The number of carbonyl (C=O) groups excluding carboxylic acids is 2. The van der Waals surface area contributed by atoms with Crippen LogP contribution in [0.5, 0.6) is 0 Å². The number of benzene rings is 2. The molecule has 1 aliphatic heterocycles. The lowest BCUT2D eigenvalue weighted by Crippen LogP contribution is -2.45. The summed E-state index contributed by atoms with van der Waals surface area (Å²) in [5.41, 5.74) is 2.38. The average molecular weight is 424 g/mol. The van der Waals surface area contributed by atoms with Gasteiger partial charge in [0.05, 0.1) is 0 Å². The number of nitrogens with one attached hydrogen (secondary N) is 2. The number of anilines is 1. The molecular weight excluding hydrogens is 390 g/mol. The summed E-state index contributed by atoms with van der Waals surface area (Å²) in [6, 6.07) is 17.4. The highest BCUT2D eigenvalue weighted by Crippen LogP contribution is 2.17. The van der Waals surface area contributed by atoms with Crippen molar-refractivity contribution in [1.29, 1.82) is 0 Å². The third kappa shape index (κ3) is 6.91. The Balaban J connectivity index is 1.59. The first-order chi connectivity index (χ1) is 14.9. The molecule has 1 saturated heterocycles. The highest BCUT2D eigenvalue weighted by molar-refractivity contribution is 5.98. The SMILES string of the molecule is CC(C)C(CN(C)Cc1ccccc1)NC(=O)c1cccc(NC(=O)C2CCCO2)c1. The van der Waals surface area contributed by atoms with Gasteiger partial charge in [-0.2, -0.15) is 0 Å². The van der Waals surface area contributed by atoms with Crippen molar-refractivity contribution in [2.75, 3.05) is 25.5 Å². The van der Waals surface area contributed by atoms with Crippen LogP contribution in [-0.2, 0) is 16.1 Å². The molecule has 0 radical (unpaired) electrons. The van der Waals surface area contributed by atoms with Crippen LogP contribution < -0.4 is 10.6 Å². The number of likely N-dealkylation sites (N-methyl/N-ethyl adjacent to an activating group) is 1. The predicted octanol–water partition coefficient (Wildman–Crippen LogP) is 3.69. The van der Waals surface area contributed by atoms with E-state index in [9.17, 15) is 9.59 Å². The first-order valence-electron chi connectivity index (χ1n) is 11.0. The van der Waals surface area contributed by atoms with Crippen LogP contribution in [0.1, 0.15) is 42.6 Å². The minimum atomic E-state index is -0.400. The molecule has 6 nitrogen and oxygen atoms in total. The fraction of sp³-hybridized carbons (Fsp3) is 0.440. The van der Waals surface area contributed by atoms with Crippen LogP contribution in [0, 0.1) is 5.92 Å². The van der Waals surface area contributed by atoms with Gasteiger partial charge in [0.25, 0.3) is 11.8 Å². The van der Waals surface area contributed by atoms with Gasteiger partial charge in [0.1, 0.15) is 6.10 Å². The zero-order chi connectivity index (χ0) is 22.2.